The van der Waals surface area contributed by atoms with Gasteiger partial charge in [-0.2, -0.15) is 0 Å². The third-order valence-electron chi connectivity index (χ3n) is 3.43. The number of non-ortho nitro benzene ring substituents is 2. The summed E-state index contributed by atoms with van der Waals surface area (Å²) >= 11 is 0. The van der Waals surface area contributed by atoms with E-state index in [0.29, 0.717) is 11.0 Å². The van der Waals surface area contributed by atoms with E-state index >= 15 is 0 Å². The van der Waals surface area contributed by atoms with Crippen molar-refractivity contribution in [2.45, 2.75) is 0 Å². The number of nitrogens with zero attached hydrogens (tertiary/aromatic N) is 3. The zero-order valence-corrected chi connectivity index (χ0v) is 13.0. The lowest BCUT2D eigenvalue weighted by Crippen LogP contribution is -2.20. The maximum atomic E-state index is 12.0. The average Bonchev–Trinajstić information content (AvgIpc) is 2.65. The molecule has 0 unspecified atom stereocenters. The highest BCUT2D eigenvalue weighted by molar-refractivity contribution is 5.94. The van der Waals surface area contributed by atoms with Crippen LogP contribution in [0.5, 0.6) is 0 Å². The molecule has 1 N–H and O–H groups in total. The van der Waals surface area contributed by atoms with Crippen molar-refractivity contribution in [3.05, 3.63) is 85.9 Å². The van der Waals surface area contributed by atoms with Gasteiger partial charge < -0.3 is 4.42 Å². The molecule has 0 radical (unpaired) electrons. The Balaban J connectivity index is 1.81. The van der Waals surface area contributed by atoms with Crippen LogP contribution >= 0.6 is 0 Å². The number of nitrogens with one attached hydrogen (secondary N) is 1. The van der Waals surface area contributed by atoms with Crippen molar-refractivity contribution in [3.63, 3.8) is 0 Å². The molecule has 1 heterocycles. The van der Waals surface area contributed by atoms with Crippen molar-refractivity contribution >= 4 is 28.3 Å². The predicted octanol–water partition coefficient (Wildman–Crippen LogP) is 2.49. The van der Waals surface area contributed by atoms with E-state index in [-0.39, 0.29) is 22.5 Å². The molecule has 10 nitrogen and oxygen atoms in total. The maximum absolute atomic E-state index is 12.0. The molecule has 0 aliphatic heterocycles. The van der Waals surface area contributed by atoms with Gasteiger partial charge in [-0.3, -0.25) is 25.0 Å². The SMILES string of the molecule is O=C(N/N=c1/ccc2cc([N+](=O)[O-])ccc2o1)c1ccc([N+](=O)[O-])cc1. The van der Waals surface area contributed by atoms with Gasteiger partial charge in [0.05, 0.1) is 9.85 Å². The van der Waals surface area contributed by atoms with E-state index in [4.69, 9.17) is 4.42 Å². The Morgan fingerprint density at radius 1 is 0.923 bits per heavy atom. The number of nitro groups is 2. The summed E-state index contributed by atoms with van der Waals surface area (Å²) in [5.74, 6) is -0.570. The predicted molar refractivity (Wildman–Crippen MR) is 89.0 cm³/mol. The Morgan fingerprint density at radius 2 is 1.58 bits per heavy atom. The standard InChI is InChI=1S/C16H10N4O6/c21-16(10-1-4-12(5-2-10)19(22)23)18-17-15-8-3-11-9-13(20(24)25)6-7-14(11)26-15/h1-9H,(H,18,21)/b17-15-. The number of nitro benzene ring substituents is 2. The normalized spacial score (nSPS) is 11.3. The Hall–Kier alpha value is -4.08. The van der Waals surface area contributed by atoms with E-state index in [1.807, 2.05) is 0 Å². The first-order chi connectivity index (χ1) is 12.4. The lowest BCUT2D eigenvalue weighted by Gasteiger charge is -2.00. The summed E-state index contributed by atoms with van der Waals surface area (Å²) < 4.78 is 5.44. The van der Waals surface area contributed by atoms with E-state index in [1.165, 1.54) is 48.5 Å². The molecule has 0 aliphatic carbocycles. The molecule has 0 fully saturated rings. The van der Waals surface area contributed by atoms with Crippen molar-refractivity contribution in [3.8, 4) is 0 Å². The Labute approximate surface area is 144 Å². The van der Waals surface area contributed by atoms with Crippen molar-refractivity contribution < 1.29 is 19.1 Å². The van der Waals surface area contributed by atoms with Crippen molar-refractivity contribution in [2.75, 3.05) is 0 Å². The van der Waals surface area contributed by atoms with Crippen molar-refractivity contribution in [1.29, 1.82) is 0 Å². The molecule has 3 rings (SSSR count). The molecule has 0 bridgehead atoms. The van der Waals surface area contributed by atoms with Gasteiger partial charge in [0.2, 0.25) is 5.55 Å². The number of carbonyl (C=O) groups excluding carboxylic acids is 1. The molecule has 2 aromatic carbocycles. The van der Waals surface area contributed by atoms with Crippen LogP contribution in [-0.2, 0) is 0 Å². The van der Waals surface area contributed by atoms with Gasteiger partial charge >= 0.3 is 0 Å². The molecule has 3 aromatic rings. The van der Waals surface area contributed by atoms with Gasteiger partial charge in [-0.05, 0) is 24.3 Å². The fourth-order valence-corrected chi connectivity index (χ4v) is 2.15. The van der Waals surface area contributed by atoms with Gasteiger partial charge in [0.1, 0.15) is 5.58 Å². The van der Waals surface area contributed by atoms with E-state index in [1.54, 1.807) is 6.07 Å². The first-order valence-electron chi connectivity index (χ1n) is 7.21. The van der Waals surface area contributed by atoms with Crippen molar-refractivity contribution in [2.24, 2.45) is 5.10 Å². The first-order valence-corrected chi connectivity index (χ1v) is 7.21. The van der Waals surface area contributed by atoms with Crippen LogP contribution in [0.1, 0.15) is 10.4 Å². The lowest BCUT2D eigenvalue weighted by atomic mass is 10.2. The first kappa shape index (κ1) is 16.8. The molecule has 10 heteroatoms. The van der Waals surface area contributed by atoms with Gasteiger partial charge in [0.25, 0.3) is 17.3 Å². The third-order valence-corrected chi connectivity index (χ3v) is 3.43. The smallest absolute Gasteiger partial charge is 0.271 e. The second kappa shape index (κ2) is 6.81. The van der Waals surface area contributed by atoms with Crippen molar-refractivity contribution in [1.82, 2.24) is 5.43 Å². The Morgan fingerprint density at radius 3 is 2.23 bits per heavy atom. The molecule has 0 saturated heterocycles. The van der Waals surface area contributed by atoms with Crippen LogP contribution in [0.15, 0.2) is 64.1 Å². The summed E-state index contributed by atoms with van der Waals surface area (Å²) in [6.07, 6.45) is 0. The summed E-state index contributed by atoms with van der Waals surface area (Å²) in [4.78, 5) is 32.3. The molecule has 130 valence electrons. The lowest BCUT2D eigenvalue weighted by molar-refractivity contribution is -0.385. The zero-order valence-electron chi connectivity index (χ0n) is 13.0. The van der Waals surface area contributed by atoms with Crippen LogP contribution < -0.4 is 11.0 Å². The van der Waals surface area contributed by atoms with E-state index in [9.17, 15) is 25.0 Å². The number of rotatable bonds is 4. The molecule has 0 aliphatic rings. The molecule has 1 amide bonds. The number of hydrogen-bond acceptors (Lipinski definition) is 7. The molecule has 26 heavy (non-hydrogen) atoms. The minimum atomic E-state index is -0.570. The fourth-order valence-electron chi connectivity index (χ4n) is 2.15. The number of benzene rings is 2. The van der Waals surface area contributed by atoms with Crippen LogP contribution in [0.25, 0.3) is 11.0 Å². The Kier molecular flexibility index (Phi) is 4.39. The largest absolute Gasteiger partial charge is 0.437 e. The molecular formula is C16H10N4O6. The summed E-state index contributed by atoms with van der Waals surface area (Å²) in [7, 11) is 0. The summed E-state index contributed by atoms with van der Waals surface area (Å²) in [6, 6.07) is 12.1. The van der Waals surface area contributed by atoms with Crippen LogP contribution in [0.2, 0.25) is 0 Å². The number of carbonyl (C=O) groups is 1. The third kappa shape index (κ3) is 3.53. The Bertz CT molecular complexity index is 1090. The maximum Gasteiger partial charge on any atom is 0.271 e. The van der Waals surface area contributed by atoms with E-state index in [0.717, 1.165) is 0 Å². The molecule has 0 atom stereocenters. The number of amides is 1. The van der Waals surface area contributed by atoms with Gasteiger partial charge in [0, 0.05) is 41.3 Å². The van der Waals surface area contributed by atoms with Crippen LogP contribution in [0, 0.1) is 20.2 Å². The van der Waals surface area contributed by atoms with Crippen LogP contribution in [-0.4, -0.2) is 15.8 Å². The number of fused-ring (bicyclic) bond motifs is 1. The van der Waals surface area contributed by atoms with Gasteiger partial charge in [0.15, 0.2) is 0 Å². The molecule has 0 saturated carbocycles. The molecular weight excluding hydrogens is 344 g/mol. The highest BCUT2D eigenvalue weighted by atomic mass is 16.6. The summed E-state index contributed by atoms with van der Waals surface area (Å²) in [5, 5.41) is 25.7. The van der Waals surface area contributed by atoms with E-state index < -0.39 is 15.8 Å². The van der Waals surface area contributed by atoms with Gasteiger partial charge in [-0.25, -0.2) is 5.43 Å². The second-order valence-electron chi connectivity index (χ2n) is 5.11. The second-order valence-corrected chi connectivity index (χ2v) is 5.11. The monoisotopic (exact) mass is 354 g/mol. The van der Waals surface area contributed by atoms with Crippen LogP contribution in [0.3, 0.4) is 0 Å². The topological polar surface area (TPSA) is 141 Å². The van der Waals surface area contributed by atoms with Gasteiger partial charge in [-0.15, -0.1) is 5.10 Å². The van der Waals surface area contributed by atoms with E-state index in [2.05, 4.69) is 10.5 Å². The average molecular weight is 354 g/mol. The minimum Gasteiger partial charge on any atom is -0.437 e. The number of hydrogen-bond donors (Lipinski definition) is 1. The minimum absolute atomic E-state index is 0.0659. The van der Waals surface area contributed by atoms with Gasteiger partial charge in [-0.1, -0.05) is 0 Å². The molecule has 1 aromatic heterocycles. The highest BCUT2D eigenvalue weighted by Crippen LogP contribution is 2.19. The van der Waals surface area contributed by atoms with Crippen LogP contribution in [0.4, 0.5) is 11.4 Å². The highest BCUT2D eigenvalue weighted by Gasteiger charge is 2.09. The summed E-state index contributed by atoms with van der Waals surface area (Å²) in [5.41, 5.74) is 2.72. The zero-order chi connectivity index (χ0) is 18.7. The molecule has 0 spiro atoms. The fraction of sp³-hybridized carbons (Fsp3) is 0. The summed E-state index contributed by atoms with van der Waals surface area (Å²) in [6.45, 7) is 0. The quantitative estimate of drug-likeness (QED) is 0.563.